The summed E-state index contributed by atoms with van der Waals surface area (Å²) in [5, 5.41) is 1.38. The number of thioether (sulfide) groups is 1. The van der Waals surface area contributed by atoms with E-state index in [1.54, 1.807) is 24.5 Å². The maximum Gasteiger partial charge on any atom is 0.285 e. The van der Waals surface area contributed by atoms with Crippen LogP contribution in [0, 0.1) is 0 Å². The van der Waals surface area contributed by atoms with Crippen molar-refractivity contribution in [1.29, 1.82) is 0 Å². The summed E-state index contributed by atoms with van der Waals surface area (Å²) < 4.78 is 5.67. The second-order valence-electron chi connectivity index (χ2n) is 4.39. The molecule has 1 N–H and O–H groups in total. The minimum absolute atomic E-state index is 0.164. The number of hydrogen-bond acceptors (Lipinski definition) is 5. The standard InChI is InChI=1S/C16H12N2O2S2/c19-15-14(10-4-8-13-9-5-11-20-13)22-16(21)18(15)17-12-6-2-1-3-7-12/h1-11,17H/b8-4+,14-10-. The first-order valence-electron chi connectivity index (χ1n) is 6.54. The van der Waals surface area contributed by atoms with Crippen LogP contribution in [-0.4, -0.2) is 15.2 Å². The van der Waals surface area contributed by atoms with Crippen LogP contribution in [0.1, 0.15) is 5.76 Å². The van der Waals surface area contributed by atoms with E-state index >= 15 is 0 Å². The number of nitrogens with zero attached hydrogens (tertiary/aromatic N) is 1. The van der Waals surface area contributed by atoms with Gasteiger partial charge >= 0.3 is 0 Å². The van der Waals surface area contributed by atoms with Gasteiger partial charge in [-0.15, -0.1) is 0 Å². The molecule has 2 heterocycles. The van der Waals surface area contributed by atoms with Gasteiger partial charge in [-0.25, -0.2) is 5.01 Å². The highest BCUT2D eigenvalue weighted by Gasteiger charge is 2.32. The van der Waals surface area contributed by atoms with Crippen LogP contribution in [0.2, 0.25) is 0 Å². The molecule has 22 heavy (non-hydrogen) atoms. The monoisotopic (exact) mass is 328 g/mol. The molecule has 1 aromatic heterocycles. The molecule has 0 bridgehead atoms. The zero-order valence-corrected chi connectivity index (χ0v) is 13.1. The molecule has 2 aromatic rings. The van der Waals surface area contributed by atoms with E-state index in [1.165, 1.54) is 16.8 Å². The number of hydrogen-bond donors (Lipinski definition) is 1. The van der Waals surface area contributed by atoms with Crippen LogP contribution in [0.3, 0.4) is 0 Å². The number of carbonyl (C=O) groups is 1. The van der Waals surface area contributed by atoms with Crippen molar-refractivity contribution >= 4 is 46.0 Å². The van der Waals surface area contributed by atoms with Crippen molar-refractivity contribution in [2.75, 3.05) is 5.43 Å². The highest BCUT2D eigenvalue weighted by atomic mass is 32.2. The zero-order chi connectivity index (χ0) is 15.4. The Morgan fingerprint density at radius 1 is 1.18 bits per heavy atom. The molecule has 0 spiro atoms. The molecule has 0 unspecified atom stereocenters. The van der Waals surface area contributed by atoms with Crippen molar-refractivity contribution in [3.63, 3.8) is 0 Å². The van der Waals surface area contributed by atoms with Crippen molar-refractivity contribution in [1.82, 2.24) is 5.01 Å². The van der Waals surface area contributed by atoms with Crippen LogP contribution < -0.4 is 5.43 Å². The lowest BCUT2D eigenvalue weighted by Gasteiger charge is -2.16. The van der Waals surface area contributed by atoms with Gasteiger partial charge in [0.2, 0.25) is 0 Å². The van der Waals surface area contributed by atoms with E-state index in [9.17, 15) is 4.79 Å². The fourth-order valence-electron chi connectivity index (χ4n) is 1.84. The maximum atomic E-state index is 12.3. The van der Waals surface area contributed by atoms with E-state index in [2.05, 4.69) is 5.43 Å². The number of benzene rings is 1. The van der Waals surface area contributed by atoms with Gasteiger partial charge in [-0.3, -0.25) is 10.2 Å². The first-order valence-corrected chi connectivity index (χ1v) is 7.76. The second kappa shape index (κ2) is 6.64. The Labute approximate surface area is 137 Å². The number of furan rings is 1. The average molecular weight is 328 g/mol. The molecule has 6 heteroatoms. The van der Waals surface area contributed by atoms with Crippen molar-refractivity contribution in [3.8, 4) is 0 Å². The number of para-hydroxylation sites is 1. The molecule has 0 radical (unpaired) electrons. The van der Waals surface area contributed by atoms with E-state index in [4.69, 9.17) is 16.6 Å². The lowest BCUT2D eigenvalue weighted by molar-refractivity contribution is -0.121. The van der Waals surface area contributed by atoms with Crippen molar-refractivity contribution in [3.05, 3.63) is 71.5 Å². The van der Waals surface area contributed by atoms with E-state index in [1.807, 2.05) is 42.5 Å². The predicted molar refractivity (Wildman–Crippen MR) is 92.9 cm³/mol. The predicted octanol–water partition coefficient (Wildman–Crippen LogP) is 4.06. The van der Waals surface area contributed by atoms with E-state index in [0.717, 1.165) is 11.4 Å². The van der Waals surface area contributed by atoms with Gasteiger partial charge in [0.05, 0.1) is 16.9 Å². The Morgan fingerprint density at radius 2 is 2.00 bits per heavy atom. The van der Waals surface area contributed by atoms with Crippen molar-refractivity contribution < 1.29 is 9.21 Å². The summed E-state index contributed by atoms with van der Waals surface area (Å²) in [6.45, 7) is 0. The van der Waals surface area contributed by atoms with Gasteiger partial charge in [-0.1, -0.05) is 36.0 Å². The third kappa shape index (κ3) is 3.29. The summed E-state index contributed by atoms with van der Waals surface area (Å²) >= 11 is 6.51. The highest BCUT2D eigenvalue weighted by Crippen LogP contribution is 2.31. The normalized spacial score (nSPS) is 16.9. The molecule has 1 fully saturated rings. The number of anilines is 1. The van der Waals surface area contributed by atoms with Gasteiger partial charge in [0.25, 0.3) is 5.91 Å². The molecule has 110 valence electrons. The first-order chi connectivity index (χ1) is 10.7. The summed E-state index contributed by atoms with van der Waals surface area (Å²) in [5.41, 5.74) is 3.82. The first kappa shape index (κ1) is 14.6. The van der Waals surface area contributed by atoms with E-state index in [0.29, 0.717) is 9.23 Å². The number of carbonyl (C=O) groups excluding carboxylic acids is 1. The smallest absolute Gasteiger partial charge is 0.285 e. The number of rotatable bonds is 4. The number of nitrogens with one attached hydrogen (secondary N) is 1. The minimum Gasteiger partial charge on any atom is -0.465 e. The average Bonchev–Trinajstić information content (AvgIpc) is 3.13. The fourth-order valence-corrected chi connectivity index (χ4v) is 2.97. The van der Waals surface area contributed by atoms with Crippen molar-refractivity contribution in [2.45, 2.75) is 0 Å². The van der Waals surface area contributed by atoms with Gasteiger partial charge in [-0.2, -0.15) is 0 Å². The minimum atomic E-state index is -0.164. The molecule has 1 saturated heterocycles. The molecule has 1 aliphatic rings. The van der Waals surface area contributed by atoms with Crippen molar-refractivity contribution in [2.24, 2.45) is 0 Å². The fraction of sp³-hybridized carbons (Fsp3) is 0. The highest BCUT2D eigenvalue weighted by molar-refractivity contribution is 8.26. The molecular weight excluding hydrogens is 316 g/mol. The topological polar surface area (TPSA) is 45.5 Å². The van der Waals surface area contributed by atoms with Gasteiger partial charge in [0, 0.05) is 0 Å². The van der Waals surface area contributed by atoms with Crippen LogP contribution in [0.4, 0.5) is 5.69 Å². The van der Waals surface area contributed by atoms with Gasteiger partial charge in [0.1, 0.15) is 5.76 Å². The Kier molecular flexibility index (Phi) is 4.41. The summed E-state index contributed by atoms with van der Waals surface area (Å²) in [5.74, 6) is 0.567. The van der Waals surface area contributed by atoms with Crippen LogP contribution in [0.25, 0.3) is 6.08 Å². The molecule has 1 aliphatic heterocycles. The lowest BCUT2D eigenvalue weighted by Crippen LogP contribution is -2.33. The molecule has 1 aromatic carbocycles. The number of allylic oxidation sites excluding steroid dienone is 2. The van der Waals surface area contributed by atoms with E-state index < -0.39 is 0 Å². The molecule has 3 rings (SSSR count). The third-order valence-electron chi connectivity index (χ3n) is 2.86. The largest absolute Gasteiger partial charge is 0.465 e. The van der Waals surface area contributed by atoms with Crippen LogP contribution >= 0.6 is 24.0 Å². The molecule has 0 aliphatic carbocycles. The summed E-state index contributed by atoms with van der Waals surface area (Å²) in [6, 6.07) is 13.1. The lowest BCUT2D eigenvalue weighted by atomic mass is 10.3. The summed E-state index contributed by atoms with van der Waals surface area (Å²) in [6.07, 6.45) is 6.89. The quantitative estimate of drug-likeness (QED) is 0.677. The molecular formula is C16H12N2O2S2. The third-order valence-corrected chi connectivity index (χ3v) is 4.18. The number of thiocarbonyl (C=S) groups is 1. The zero-order valence-electron chi connectivity index (χ0n) is 11.4. The van der Waals surface area contributed by atoms with Crippen LogP contribution in [0.15, 0.2) is 70.2 Å². The molecule has 4 nitrogen and oxygen atoms in total. The Morgan fingerprint density at radius 3 is 2.73 bits per heavy atom. The molecule has 0 atom stereocenters. The van der Waals surface area contributed by atoms with Gasteiger partial charge < -0.3 is 4.42 Å². The molecule has 0 saturated carbocycles. The SMILES string of the molecule is O=C1/C(=C/C=C/c2ccco2)SC(=S)N1Nc1ccccc1. The van der Waals surface area contributed by atoms with E-state index in [-0.39, 0.29) is 5.91 Å². The number of hydrazine groups is 1. The summed E-state index contributed by atoms with van der Waals surface area (Å²) in [4.78, 5) is 12.9. The Bertz CT molecular complexity index is 737. The van der Waals surface area contributed by atoms with Crippen LogP contribution in [0.5, 0.6) is 0 Å². The second-order valence-corrected chi connectivity index (χ2v) is 6.07. The summed E-state index contributed by atoms with van der Waals surface area (Å²) in [7, 11) is 0. The van der Waals surface area contributed by atoms with Gasteiger partial charge in [-0.05, 0) is 48.6 Å². The maximum absolute atomic E-state index is 12.3. The molecule has 1 amide bonds. The Hall–Kier alpha value is -2.31. The van der Waals surface area contributed by atoms with Crippen LogP contribution in [-0.2, 0) is 4.79 Å². The number of amides is 1. The Balaban J connectivity index is 1.71. The van der Waals surface area contributed by atoms with Gasteiger partial charge in [0.15, 0.2) is 4.32 Å².